The predicted molar refractivity (Wildman–Crippen MR) is 122 cm³/mol. The van der Waals surface area contributed by atoms with Gasteiger partial charge in [-0.2, -0.15) is 0 Å². The normalized spacial score (nSPS) is 13.4. The first-order valence-electron chi connectivity index (χ1n) is 10.3. The minimum Gasteiger partial charge on any atom is -0.444 e. The summed E-state index contributed by atoms with van der Waals surface area (Å²) in [6, 6.07) is 17.6. The number of rotatable bonds is 9. The quantitative estimate of drug-likeness (QED) is 0.588. The zero-order chi connectivity index (χ0) is 22.1. The molecule has 0 aliphatic rings. The number of benzene rings is 2. The highest BCUT2D eigenvalue weighted by atomic mass is 16.6. The molecule has 6 heteroatoms. The molecule has 2 aromatic carbocycles. The van der Waals surface area contributed by atoms with Crippen LogP contribution in [0.5, 0.6) is 0 Å². The number of nitrogens with zero attached hydrogens (tertiary/aromatic N) is 1. The van der Waals surface area contributed by atoms with Crippen molar-refractivity contribution in [2.75, 3.05) is 25.5 Å². The molecule has 0 unspecified atom stereocenters. The van der Waals surface area contributed by atoms with Gasteiger partial charge in [0.05, 0.1) is 12.1 Å². The topological polar surface area (TPSA) is 73.8 Å². The minimum absolute atomic E-state index is 0.347. The van der Waals surface area contributed by atoms with Crippen LogP contribution in [0.1, 0.15) is 31.9 Å². The average Bonchev–Trinajstić information content (AvgIpc) is 2.67. The fourth-order valence-electron chi connectivity index (χ4n) is 3.06. The number of anilines is 1. The van der Waals surface area contributed by atoms with Gasteiger partial charge in [-0.05, 0) is 50.5 Å². The van der Waals surface area contributed by atoms with Gasteiger partial charge in [0.1, 0.15) is 5.60 Å². The lowest BCUT2D eigenvalue weighted by Crippen LogP contribution is -2.49. The third-order valence-electron chi connectivity index (χ3n) is 4.57. The zero-order valence-electron chi connectivity index (χ0n) is 18.7. The summed E-state index contributed by atoms with van der Waals surface area (Å²) in [4.78, 5) is 14.3. The Bertz CT molecular complexity index is 788. The SMILES string of the molecule is CN(C)c1cccc(CNC[C@@H](O)[C@H](Cc2ccccc2)NC(=O)OC(C)(C)C)c1. The summed E-state index contributed by atoms with van der Waals surface area (Å²) < 4.78 is 5.38. The van der Waals surface area contributed by atoms with E-state index in [-0.39, 0.29) is 0 Å². The number of hydrogen-bond acceptors (Lipinski definition) is 5. The van der Waals surface area contributed by atoms with E-state index < -0.39 is 23.8 Å². The fourth-order valence-corrected chi connectivity index (χ4v) is 3.06. The van der Waals surface area contributed by atoms with Crippen LogP contribution in [-0.4, -0.2) is 49.6 Å². The standard InChI is InChI=1S/C24H35N3O3/c1-24(2,3)30-23(29)26-21(15-18-10-7-6-8-11-18)22(28)17-25-16-19-12-9-13-20(14-19)27(4)5/h6-14,21-22,25,28H,15-17H2,1-5H3,(H,26,29)/t21-,22+/m0/s1. The molecule has 0 bridgehead atoms. The summed E-state index contributed by atoms with van der Waals surface area (Å²) in [6.07, 6.45) is -0.783. The molecule has 30 heavy (non-hydrogen) atoms. The molecule has 0 saturated carbocycles. The van der Waals surface area contributed by atoms with E-state index in [9.17, 15) is 9.90 Å². The van der Waals surface area contributed by atoms with Gasteiger partial charge in [0.2, 0.25) is 0 Å². The predicted octanol–water partition coefficient (Wildman–Crippen LogP) is 3.34. The van der Waals surface area contributed by atoms with E-state index in [0.717, 1.165) is 16.8 Å². The molecule has 1 amide bonds. The van der Waals surface area contributed by atoms with Crippen LogP contribution >= 0.6 is 0 Å². The van der Waals surface area contributed by atoms with Crippen molar-refractivity contribution in [3.63, 3.8) is 0 Å². The van der Waals surface area contributed by atoms with Gasteiger partial charge in [0.15, 0.2) is 0 Å². The van der Waals surface area contributed by atoms with Crippen molar-refractivity contribution in [3.8, 4) is 0 Å². The molecule has 0 heterocycles. The van der Waals surface area contributed by atoms with Crippen LogP contribution in [-0.2, 0) is 17.7 Å². The lowest BCUT2D eigenvalue weighted by atomic mass is 10.0. The third kappa shape index (κ3) is 8.43. The smallest absolute Gasteiger partial charge is 0.407 e. The molecule has 0 spiro atoms. The van der Waals surface area contributed by atoms with Gasteiger partial charge < -0.3 is 25.4 Å². The van der Waals surface area contributed by atoms with Crippen molar-refractivity contribution in [2.45, 2.75) is 51.5 Å². The molecule has 2 aromatic rings. The number of amides is 1. The van der Waals surface area contributed by atoms with E-state index >= 15 is 0 Å². The number of nitrogens with one attached hydrogen (secondary N) is 2. The molecule has 3 N–H and O–H groups in total. The summed E-state index contributed by atoms with van der Waals surface area (Å²) in [7, 11) is 4.01. The highest BCUT2D eigenvalue weighted by Crippen LogP contribution is 2.14. The van der Waals surface area contributed by atoms with E-state index in [2.05, 4.69) is 27.7 Å². The second kappa shape index (κ2) is 11.0. The molecule has 164 valence electrons. The summed E-state index contributed by atoms with van der Waals surface area (Å²) in [5.74, 6) is 0. The Kier molecular flexibility index (Phi) is 8.69. The van der Waals surface area contributed by atoms with E-state index in [1.165, 1.54) is 0 Å². The molecule has 0 radical (unpaired) electrons. The van der Waals surface area contributed by atoms with Crippen LogP contribution in [0.2, 0.25) is 0 Å². The average molecular weight is 414 g/mol. The first kappa shape index (κ1) is 23.7. The lowest BCUT2D eigenvalue weighted by molar-refractivity contribution is 0.0422. The first-order valence-corrected chi connectivity index (χ1v) is 10.3. The summed E-state index contributed by atoms with van der Waals surface area (Å²) in [6.45, 7) is 6.43. The fraction of sp³-hybridized carbons (Fsp3) is 0.458. The van der Waals surface area contributed by atoms with Gasteiger partial charge in [-0.15, -0.1) is 0 Å². The summed E-state index contributed by atoms with van der Waals surface area (Å²) >= 11 is 0. The van der Waals surface area contributed by atoms with Crippen LogP contribution in [0.15, 0.2) is 54.6 Å². The maximum atomic E-state index is 12.3. The van der Waals surface area contributed by atoms with E-state index in [1.54, 1.807) is 0 Å². The summed E-state index contributed by atoms with van der Waals surface area (Å²) in [5, 5.41) is 16.9. The van der Waals surface area contributed by atoms with Crippen molar-refractivity contribution < 1.29 is 14.6 Å². The number of ether oxygens (including phenoxy) is 1. The van der Waals surface area contributed by atoms with Gasteiger partial charge in [-0.25, -0.2) is 4.79 Å². The van der Waals surface area contributed by atoms with E-state index in [0.29, 0.717) is 19.5 Å². The Morgan fingerprint density at radius 3 is 2.37 bits per heavy atom. The van der Waals surface area contributed by atoms with Gasteiger partial charge >= 0.3 is 6.09 Å². The second-order valence-corrected chi connectivity index (χ2v) is 8.71. The molecular weight excluding hydrogens is 378 g/mol. The second-order valence-electron chi connectivity index (χ2n) is 8.71. The van der Waals surface area contributed by atoms with Crippen LogP contribution in [0.4, 0.5) is 10.5 Å². The Hall–Kier alpha value is -2.57. The van der Waals surface area contributed by atoms with Gasteiger partial charge in [-0.3, -0.25) is 0 Å². The molecule has 0 saturated heterocycles. The molecule has 0 aromatic heterocycles. The van der Waals surface area contributed by atoms with Crippen molar-refractivity contribution in [3.05, 3.63) is 65.7 Å². The Morgan fingerprint density at radius 2 is 1.73 bits per heavy atom. The first-order chi connectivity index (χ1) is 14.1. The van der Waals surface area contributed by atoms with Crippen molar-refractivity contribution in [1.29, 1.82) is 0 Å². The Morgan fingerprint density at radius 1 is 1.07 bits per heavy atom. The minimum atomic E-state index is -0.769. The van der Waals surface area contributed by atoms with Crippen molar-refractivity contribution in [1.82, 2.24) is 10.6 Å². The van der Waals surface area contributed by atoms with E-state index in [4.69, 9.17) is 4.74 Å². The number of carbonyl (C=O) groups excluding carboxylic acids is 1. The molecular formula is C24H35N3O3. The maximum Gasteiger partial charge on any atom is 0.407 e. The zero-order valence-corrected chi connectivity index (χ0v) is 18.7. The molecule has 0 fully saturated rings. The van der Waals surface area contributed by atoms with Gasteiger partial charge in [-0.1, -0.05) is 42.5 Å². The maximum absolute atomic E-state index is 12.3. The van der Waals surface area contributed by atoms with E-state index in [1.807, 2.05) is 77.3 Å². The van der Waals surface area contributed by atoms with Crippen molar-refractivity contribution >= 4 is 11.8 Å². The number of aliphatic hydroxyl groups excluding tert-OH is 1. The number of carbonyl (C=O) groups is 1. The lowest BCUT2D eigenvalue weighted by Gasteiger charge is -2.27. The highest BCUT2D eigenvalue weighted by molar-refractivity contribution is 5.68. The van der Waals surface area contributed by atoms with Crippen LogP contribution in [0, 0.1) is 0 Å². The molecule has 0 aliphatic carbocycles. The Balaban J connectivity index is 1.98. The molecule has 6 nitrogen and oxygen atoms in total. The van der Waals surface area contributed by atoms with Crippen LogP contribution in [0.25, 0.3) is 0 Å². The summed E-state index contributed by atoms with van der Waals surface area (Å²) in [5.41, 5.74) is 2.70. The largest absolute Gasteiger partial charge is 0.444 e. The van der Waals surface area contributed by atoms with Crippen LogP contribution in [0.3, 0.4) is 0 Å². The van der Waals surface area contributed by atoms with Gasteiger partial charge in [0.25, 0.3) is 0 Å². The number of hydrogen-bond donors (Lipinski definition) is 3. The molecule has 0 aliphatic heterocycles. The monoisotopic (exact) mass is 413 g/mol. The number of aliphatic hydroxyl groups is 1. The number of alkyl carbamates (subject to hydrolysis) is 1. The molecule has 2 rings (SSSR count). The third-order valence-corrected chi connectivity index (χ3v) is 4.57. The Labute approximate surface area is 180 Å². The van der Waals surface area contributed by atoms with Crippen molar-refractivity contribution in [2.24, 2.45) is 0 Å². The van der Waals surface area contributed by atoms with Gasteiger partial charge in [0, 0.05) is 32.9 Å². The molecule has 2 atom stereocenters. The van der Waals surface area contributed by atoms with Crippen LogP contribution < -0.4 is 15.5 Å². The highest BCUT2D eigenvalue weighted by Gasteiger charge is 2.24.